The van der Waals surface area contributed by atoms with Crippen LogP contribution in [0, 0.1) is 0 Å². The number of carbonyl (C=O) groups is 1. The van der Waals surface area contributed by atoms with E-state index in [2.05, 4.69) is 15.7 Å². The van der Waals surface area contributed by atoms with E-state index in [0.29, 0.717) is 17.8 Å². The summed E-state index contributed by atoms with van der Waals surface area (Å²) < 4.78 is 79.6. The SMILES string of the molecule is CC(C)(C)c1cc(NC(=O)Nc2cc(C(F)(F)F)cc(C(F)(F)F)c2)n(C(C)(C)C)n1. The molecule has 0 radical (unpaired) electrons. The minimum Gasteiger partial charge on any atom is -0.308 e. The maximum atomic E-state index is 13.0. The number of benzene rings is 1. The van der Waals surface area contributed by atoms with Gasteiger partial charge < -0.3 is 5.32 Å². The molecule has 172 valence electrons. The van der Waals surface area contributed by atoms with Gasteiger partial charge in [0, 0.05) is 17.2 Å². The molecule has 0 bridgehead atoms. The molecule has 1 aromatic heterocycles. The average molecular weight is 450 g/mol. The fourth-order valence-corrected chi connectivity index (χ4v) is 2.65. The van der Waals surface area contributed by atoms with Gasteiger partial charge in [-0.1, -0.05) is 20.8 Å². The number of hydrogen-bond donors (Lipinski definition) is 2. The molecule has 2 amide bonds. The number of amides is 2. The van der Waals surface area contributed by atoms with Gasteiger partial charge in [0.05, 0.1) is 22.4 Å². The Balaban J connectivity index is 2.38. The zero-order valence-electron chi connectivity index (χ0n) is 17.9. The van der Waals surface area contributed by atoms with Crippen molar-refractivity contribution in [2.75, 3.05) is 10.6 Å². The van der Waals surface area contributed by atoms with Crippen LogP contribution >= 0.6 is 0 Å². The van der Waals surface area contributed by atoms with Crippen LogP contribution in [0.2, 0.25) is 0 Å². The molecule has 2 rings (SSSR count). The van der Waals surface area contributed by atoms with Gasteiger partial charge in [0.2, 0.25) is 0 Å². The number of hydrogen-bond acceptors (Lipinski definition) is 2. The minimum atomic E-state index is -5.01. The van der Waals surface area contributed by atoms with E-state index in [1.54, 1.807) is 6.07 Å². The van der Waals surface area contributed by atoms with Gasteiger partial charge in [-0.3, -0.25) is 5.32 Å². The number of nitrogens with one attached hydrogen (secondary N) is 2. The molecular formula is C20H24F6N4O. The van der Waals surface area contributed by atoms with Crippen molar-refractivity contribution in [3.63, 3.8) is 0 Å². The lowest BCUT2D eigenvalue weighted by atomic mass is 9.92. The van der Waals surface area contributed by atoms with E-state index < -0.39 is 40.7 Å². The Kier molecular flexibility index (Phi) is 6.14. The first-order valence-corrected chi connectivity index (χ1v) is 9.27. The smallest absolute Gasteiger partial charge is 0.308 e. The second-order valence-electron chi connectivity index (χ2n) is 9.12. The highest BCUT2D eigenvalue weighted by Gasteiger charge is 2.37. The summed E-state index contributed by atoms with van der Waals surface area (Å²) in [6.45, 7) is 11.2. The van der Waals surface area contributed by atoms with Crippen LogP contribution < -0.4 is 10.6 Å². The molecule has 0 spiro atoms. The van der Waals surface area contributed by atoms with Gasteiger partial charge in [0.25, 0.3) is 0 Å². The third-order valence-electron chi connectivity index (χ3n) is 4.20. The average Bonchev–Trinajstić information content (AvgIpc) is 2.97. The number of halogens is 6. The third kappa shape index (κ3) is 6.14. The molecular weight excluding hydrogens is 426 g/mol. The summed E-state index contributed by atoms with van der Waals surface area (Å²) in [5.41, 5.74) is -3.94. The molecule has 0 aliphatic heterocycles. The highest BCUT2D eigenvalue weighted by atomic mass is 19.4. The first-order chi connectivity index (χ1) is 13.8. The van der Waals surface area contributed by atoms with Crippen molar-refractivity contribution in [2.24, 2.45) is 0 Å². The Morgan fingerprint density at radius 1 is 0.806 bits per heavy atom. The number of urea groups is 1. The molecule has 0 unspecified atom stereocenters. The molecule has 0 aliphatic rings. The monoisotopic (exact) mass is 450 g/mol. The van der Waals surface area contributed by atoms with Crippen LogP contribution in [-0.4, -0.2) is 15.8 Å². The van der Waals surface area contributed by atoms with Crippen molar-refractivity contribution in [1.82, 2.24) is 9.78 Å². The normalized spacial score (nSPS) is 13.3. The number of rotatable bonds is 2. The molecule has 31 heavy (non-hydrogen) atoms. The van der Waals surface area contributed by atoms with E-state index >= 15 is 0 Å². The number of nitrogens with zero attached hydrogens (tertiary/aromatic N) is 2. The van der Waals surface area contributed by atoms with Crippen LogP contribution in [0.4, 0.5) is 42.6 Å². The van der Waals surface area contributed by atoms with Crippen molar-refractivity contribution in [2.45, 2.75) is 64.8 Å². The van der Waals surface area contributed by atoms with Gasteiger partial charge in [-0.2, -0.15) is 31.4 Å². The lowest BCUT2D eigenvalue weighted by Crippen LogP contribution is -2.29. The quantitative estimate of drug-likeness (QED) is 0.506. The van der Waals surface area contributed by atoms with Crippen molar-refractivity contribution in [3.8, 4) is 0 Å². The second kappa shape index (κ2) is 7.76. The van der Waals surface area contributed by atoms with Crippen LogP contribution in [0.15, 0.2) is 24.3 Å². The van der Waals surface area contributed by atoms with E-state index in [9.17, 15) is 31.1 Å². The molecule has 2 aromatic rings. The fraction of sp³-hybridized carbons (Fsp3) is 0.500. The summed E-state index contributed by atoms with van der Waals surface area (Å²) in [5.74, 6) is 0.248. The van der Waals surface area contributed by atoms with Crippen molar-refractivity contribution < 1.29 is 31.1 Å². The van der Waals surface area contributed by atoms with E-state index in [0.717, 1.165) is 0 Å². The van der Waals surface area contributed by atoms with E-state index in [-0.39, 0.29) is 17.3 Å². The van der Waals surface area contributed by atoms with Crippen molar-refractivity contribution in [1.29, 1.82) is 0 Å². The van der Waals surface area contributed by atoms with Crippen LogP contribution in [0.5, 0.6) is 0 Å². The van der Waals surface area contributed by atoms with Gasteiger partial charge in [-0.15, -0.1) is 0 Å². The molecule has 11 heteroatoms. The number of aromatic nitrogens is 2. The Morgan fingerprint density at radius 2 is 1.29 bits per heavy atom. The molecule has 0 aliphatic carbocycles. The second-order valence-corrected chi connectivity index (χ2v) is 9.12. The van der Waals surface area contributed by atoms with Crippen LogP contribution in [0.25, 0.3) is 0 Å². The lowest BCUT2D eigenvalue weighted by molar-refractivity contribution is -0.143. The fourth-order valence-electron chi connectivity index (χ4n) is 2.65. The van der Waals surface area contributed by atoms with Gasteiger partial charge in [0.1, 0.15) is 5.82 Å². The van der Waals surface area contributed by atoms with Crippen molar-refractivity contribution >= 4 is 17.5 Å². The predicted molar refractivity (Wildman–Crippen MR) is 105 cm³/mol. The Bertz CT molecular complexity index is 930. The Hall–Kier alpha value is -2.72. The summed E-state index contributed by atoms with van der Waals surface area (Å²) in [6, 6.07) is 1.48. The van der Waals surface area contributed by atoms with Crippen molar-refractivity contribution in [3.05, 3.63) is 41.1 Å². The summed E-state index contributed by atoms with van der Waals surface area (Å²) in [7, 11) is 0. The molecule has 0 saturated carbocycles. The standard InChI is InChI=1S/C20H24F6N4O/c1-17(2,3)14-10-15(30(29-14)18(4,5)6)28-16(31)27-13-8-11(19(21,22)23)7-12(9-13)20(24,25)26/h7-10H,1-6H3,(H2,27,28,31). The van der Waals surface area contributed by atoms with Gasteiger partial charge >= 0.3 is 18.4 Å². The Morgan fingerprint density at radius 3 is 1.68 bits per heavy atom. The van der Waals surface area contributed by atoms with Crippen LogP contribution in [-0.2, 0) is 23.3 Å². The summed E-state index contributed by atoms with van der Waals surface area (Å²) in [6.07, 6.45) is -10.0. The molecule has 1 aromatic carbocycles. The number of anilines is 2. The molecule has 0 saturated heterocycles. The maximum absolute atomic E-state index is 13.0. The summed E-state index contributed by atoms with van der Waals surface area (Å²) >= 11 is 0. The molecule has 1 heterocycles. The number of alkyl halides is 6. The largest absolute Gasteiger partial charge is 0.416 e. The predicted octanol–water partition coefficient (Wildman–Crippen LogP) is 6.62. The summed E-state index contributed by atoms with van der Waals surface area (Å²) in [4.78, 5) is 12.4. The van der Waals surface area contributed by atoms with E-state index in [4.69, 9.17) is 0 Å². The maximum Gasteiger partial charge on any atom is 0.416 e. The van der Waals surface area contributed by atoms with E-state index in [1.165, 1.54) is 4.68 Å². The topological polar surface area (TPSA) is 59.0 Å². The molecule has 5 nitrogen and oxygen atoms in total. The Labute approximate surface area is 175 Å². The molecule has 0 fully saturated rings. The van der Waals surface area contributed by atoms with Crippen LogP contribution in [0.1, 0.15) is 58.4 Å². The van der Waals surface area contributed by atoms with E-state index in [1.807, 2.05) is 41.5 Å². The first kappa shape index (κ1) is 24.5. The molecule has 0 atom stereocenters. The minimum absolute atomic E-state index is 0.00658. The number of carbonyl (C=O) groups excluding carboxylic acids is 1. The molecule has 2 N–H and O–H groups in total. The first-order valence-electron chi connectivity index (χ1n) is 9.27. The summed E-state index contributed by atoms with van der Waals surface area (Å²) in [5, 5.41) is 9.00. The third-order valence-corrected chi connectivity index (χ3v) is 4.20. The van der Waals surface area contributed by atoms with Gasteiger partial charge in [-0.25, -0.2) is 9.48 Å². The van der Waals surface area contributed by atoms with Gasteiger partial charge in [-0.05, 0) is 39.0 Å². The lowest BCUT2D eigenvalue weighted by Gasteiger charge is -2.23. The highest BCUT2D eigenvalue weighted by molar-refractivity contribution is 5.99. The highest BCUT2D eigenvalue weighted by Crippen LogP contribution is 2.37. The zero-order chi connectivity index (χ0) is 24.0. The zero-order valence-corrected chi connectivity index (χ0v) is 17.9. The van der Waals surface area contributed by atoms with Gasteiger partial charge in [0.15, 0.2) is 0 Å². The van der Waals surface area contributed by atoms with Crippen LogP contribution in [0.3, 0.4) is 0 Å².